The molecule has 0 saturated carbocycles. The van der Waals surface area contributed by atoms with Gasteiger partial charge in [-0.1, -0.05) is 12.1 Å². The Morgan fingerprint density at radius 2 is 2.00 bits per heavy atom. The molecule has 0 spiro atoms. The van der Waals surface area contributed by atoms with Crippen molar-refractivity contribution in [2.75, 3.05) is 0 Å². The quantitative estimate of drug-likeness (QED) is 0.320. The van der Waals surface area contributed by atoms with Crippen molar-refractivity contribution in [2.24, 2.45) is 0 Å². The molecule has 1 aromatic rings. The Hall–Kier alpha value is -1.64. The minimum atomic E-state index is -0.311. The predicted octanol–water partition coefficient (Wildman–Crippen LogP) is 2.14. The zero-order valence-corrected chi connectivity index (χ0v) is 8.44. The van der Waals surface area contributed by atoms with Crippen LogP contribution in [0.15, 0.2) is 24.3 Å². The number of ether oxygens (including phenoxy) is 1. The molecular formula is C12H13O3. The maximum Gasteiger partial charge on any atom is 0.311 e. The van der Waals surface area contributed by atoms with Crippen LogP contribution in [0.3, 0.4) is 0 Å². The highest BCUT2D eigenvalue weighted by Crippen LogP contribution is 2.12. The van der Waals surface area contributed by atoms with E-state index in [2.05, 4.69) is 6.92 Å². The Kier molecular flexibility index (Phi) is 4.54. The molecule has 15 heavy (non-hydrogen) atoms. The number of hydrogen-bond donors (Lipinski definition) is 0. The SMILES string of the molecule is [CH2]c1ccc(OC(=O)CCCC=O)cc1. The van der Waals surface area contributed by atoms with E-state index in [1.807, 2.05) is 0 Å². The van der Waals surface area contributed by atoms with E-state index < -0.39 is 0 Å². The van der Waals surface area contributed by atoms with Crippen LogP contribution in [0.5, 0.6) is 5.75 Å². The molecule has 0 aliphatic rings. The second-order valence-electron chi connectivity index (χ2n) is 3.18. The molecule has 79 valence electrons. The van der Waals surface area contributed by atoms with E-state index in [1.165, 1.54) is 0 Å². The second-order valence-corrected chi connectivity index (χ2v) is 3.18. The maximum absolute atomic E-state index is 11.2. The van der Waals surface area contributed by atoms with Gasteiger partial charge < -0.3 is 9.53 Å². The Bertz CT molecular complexity index is 327. The number of benzene rings is 1. The topological polar surface area (TPSA) is 43.4 Å². The minimum Gasteiger partial charge on any atom is -0.427 e. The van der Waals surface area contributed by atoms with Gasteiger partial charge in [0.15, 0.2) is 0 Å². The lowest BCUT2D eigenvalue weighted by molar-refractivity contribution is -0.134. The van der Waals surface area contributed by atoms with E-state index in [1.54, 1.807) is 24.3 Å². The molecule has 0 aromatic heterocycles. The molecule has 1 rings (SSSR count). The summed E-state index contributed by atoms with van der Waals surface area (Å²) in [6, 6.07) is 6.93. The van der Waals surface area contributed by atoms with Gasteiger partial charge in [0.05, 0.1) is 0 Å². The first-order valence-electron chi connectivity index (χ1n) is 4.78. The average molecular weight is 205 g/mol. The molecule has 0 bridgehead atoms. The molecular weight excluding hydrogens is 192 g/mol. The lowest BCUT2D eigenvalue weighted by Gasteiger charge is -2.03. The maximum atomic E-state index is 11.2. The van der Waals surface area contributed by atoms with Gasteiger partial charge >= 0.3 is 5.97 Å². The molecule has 0 heterocycles. The van der Waals surface area contributed by atoms with Crippen molar-refractivity contribution in [3.8, 4) is 5.75 Å². The second kappa shape index (κ2) is 5.96. The molecule has 0 aliphatic heterocycles. The zero-order valence-electron chi connectivity index (χ0n) is 8.44. The third-order valence-electron chi connectivity index (χ3n) is 1.86. The summed E-state index contributed by atoms with van der Waals surface area (Å²) >= 11 is 0. The number of rotatable bonds is 5. The molecule has 3 heteroatoms. The van der Waals surface area contributed by atoms with Crippen molar-refractivity contribution in [3.63, 3.8) is 0 Å². The van der Waals surface area contributed by atoms with Gasteiger partial charge in [-0.2, -0.15) is 0 Å². The summed E-state index contributed by atoms with van der Waals surface area (Å²) in [5.74, 6) is 0.201. The van der Waals surface area contributed by atoms with Crippen molar-refractivity contribution in [1.29, 1.82) is 0 Å². The van der Waals surface area contributed by atoms with E-state index in [0.717, 1.165) is 11.8 Å². The molecule has 0 amide bonds. The fraction of sp³-hybridized carbons (Fsp3) is 0.250. The van der Waals surface area contributed by atoms with Crippen molar-refractivity contribution in [3.05, 3.63) is 36.8 Å². The third-order valence-corrected chi connectivity index (χ3v) is 1.86. The summed E-state index contributed by atoms with van der Waals surface area (Å²) in [6.07, 6.45) is 2.00. The van der Waals surface area contributed by atoms with Gasteiger partial charge in [0.25, 0.3) is 0 Å². The Labute approximate surface area is 89.1 Å². The Balaban J connectivity index is 2.37. The van der Waals surface area contributed by atoms with Crippen molar-refractivity contribution in [2.45, 2.75) is 19.3 Å². The zero-order chi connectivity index (χ0) is 11.1. The van der Waals surface area contributed by atoms with Crippen LogP contribution in [0, 0.1) is 6.92 Å². The fourth-order valence-electron chi connectivity index (χ4n) is 1.07. The fourth-order valence-corrected chi connectivity index (χ4v) is 1.07. The highest BCUT2D eigenvalue weighted by molar-refractivity contribution is 5.72. The predicted molar refractivity (Wildman–Crippen MR) is 56.5 cm³/mol. The van der Waals surface area contributed by atoms with Crippen LogP contribution in [-0.2, 0) is 9.59 Å². The molecule has 0 atom stereocenters. The van der Waals surface area contributed by atoms with Crippen molar-refractivity contribution < 1.29 is 14.3 Å². The van der Waals surface area contributed by atoms with E-state index in [4.69, 9.17) is 4.74 Å². The highest BCUT2D eigenvalue weighted by atomic mass is 16.5. The van der Waals surface area contributed by atoms with Crippen LogP contribution in [-0.4, -0.2) is 12.3 Å². The molecule has 0 aliphatic carbocycles. The monoisotopic (exact) mass is 205 g/mol. The van der Waals surface area contributed by atoms with Gasteiger partial charge in [-0.05, 0) is 31.0 Å². The smallest absolute Gasteiger partial charge is 0.311 e. The highest BCUT2D eigenvalue weighted by Gasteiger charge is 2.03. The molecule has 0 unspecified atom stereocenters. The van der Waals surface area contributed by atoms with Crippen LogP contribution < -0.4 is 4.74 Å². The first-order valence-corrected chi connectivity index (χ1v) is 4.78. The summed E-state index contributed by atoms with van der Waals surface area (Å²) in [7, 11) is 0. The van der Waals surface area contributed by atoms with Gasteiger partial charge in [0.2, 0.25) is 0 Å². The minimum absolute atomic E-state index is 0.269. The molecule has 0 saturated heterocycles. The summed E-state index contributed by atoms with van der Waals surface area (Å²) in [6.45, 7) is 3.72. The lowest BCUT2D eigenvalue weighted by atomic mass is 10.2. The number of unbranched alkanes of at least 4 members (excludes halogenated alkanes) is 1. The van der Waals surface area contributed by atoms with Crippen LogP contribution in [0.2, 0.25) is 0 Å². The Morgan fingerprint density at radius 3 is 2.60 bits per heavy atom. The van der Waals surface area contributed by atoms with Gasteiger partial charge in [-0.25, -0.2) is 0 Å². The number of hydrogen-bond acceptors (Lipinski definition) is 3. The number of carbonyl (C=O) groups is 2. The Morgan fingerprint density at radius 1 is 1.33 bits per heavy atom. The first kappa shape index (κ1) is 11.4. The summed E-state index contributed by atoms with van der Waals surface area (Å²) in [4.78, 5) is 21.2. The standard InChI is InChI=1S/C12H13O3/c1-10-5-7-11(8-6-10)15-12(14)4-2-3-9-13/h5-9H,1-4H2. The van der Waals surface area contributed by atoms with Crippen LogP contribution in [0.1, 0.15) is 24.8 Å². The first-order chi connectivity index (χ1) is 7.22. The lowest BCUT2D eigenvalue weighted by Crippen LogP contribution is -2.07. The van der Waals surface area contributed by atoms with Gasteiger partial charge in [-0.3, -0.25) is 4.79 Å². The summed E-state index contributed by atoms with van der Waals surface area (Å²) < 4.78 is 5.03. The van der Waals surface area contributed by atoms with E-state index in [9.17, 15) is 9.59 Å². The van der Waals surface area contributed by atoms with Crippen LogP contribution >= 0.6 is 0 Å². The number of esters is 1. The summed E-state index contributed by atoms with van der Waals surface area (Å²) in [5.41, 5.74) is 0.871. The van der Waals surface area contributed by atoms with Gasteiger partial charge in [0, 0.05) is 12.8 Å². The van der Waals surface area contributed by atoms with Gasteiger partial charge in [0.1, 0.15) is 12.0 Å². The van der Waals surface area contributed by atoms with Crippen molar-refractivity contribution >= 4 is 12.3 Å². The molecule has 3 nitrogen and oxygen atoms in total. The summed E-state index contributed by atoms with van der Waals surface area (Å²) in [5, 5.41) is 0. The molecule has 1 aromatic carbocycles. The number of aldehydes is 1. The van der Waals surface area contributed by atoms with E-state index in [-0.39, 0.29) is 12.4 Å². The van der Waals surface area contributed by atoms with E-state index >= 15 is 0 Å². The molecule has 0 N–H and O–H groups in total. The molecule has 0 fully saturated rings. The van der Waals surface area contributed by atoms with E-state index in [0.29, 0.717) is 18.6 Å². The van der Waals surface area contributed by atoms with Crippen molar-refractivity contribution in [1.82, 2.24) is 0 Å². The van der Waals surface area contributed by atoms with Crippen LogP contribution in [0.4, 0.5) is 0 Å². The normalized spacial score (nSPS) is 9.67. The molecule has 1 radical (unpaired) electrons. The largest absolute Gasteiger partial charge is 0.427 e. The van der Waals surface area contributed by atoms with Crippen LogP contribution in [0.25, 0.3) is 0 Å². The number of carbonyl (C=O) groups excluding carboxylic acids is 2. The third kappa shape index (κ3) is 4.40. The average Bonchev–Trinajstić information content (AvgIpc) is 2.22. The van der Waals surface area contributed by atoms with Gasteiger partial charge in [-0.15, -0.1) is 0 Å².